The van der Waals surface area contributed by atoms with Crippen molar-refractivity contribution >= 4 is 5.91 Å². The summed E-state index contributed by atoms with van der Waals surface area (Å²) in [6.45, 7) is 0.359. The third kappa shape index (κ3) is 3.43. The second-order valence-corrected chi connectivity index (χ2v) is 4.62. The molecular formula is C14H18N4O2. The molecule has 0 fully saturated rings. The molecule has 0 aliphatic rings. The number of aromatic nitrogens is 2. The summed E-state index contributed by atoms with van der Waals surface area (Å²) >= 11 is 0. The van der Waals surface area contributed by atoms with E-state index >= 15 is 0 Å². The van der Waals surface area contributed by atoms with Gasteiger partial charge >= 0.3 is 0 Å². The van der Waals surface area contributed by atoms with Gasteiger partial charge in [-0.05, 0) is 11.1 Å². The summed E-state index contributed by atoms with van der Waals surface area (Å²) in [6.07, 6.45) is 3.30. The van der Waals surface area contributed by atoms with Crippen LogP contribution in [-0.4, -0.2) is 20.8 Å². The summed E-state index contributed by atoms with van der Waals surface area (Å²) in [4.78, 5) is 12.0. The Labute approximate surface area is 117 Å². The Kier molecular flexibility index (Phi) is 4.49. The summed E-state index contributed by atoms with van der Waals surface area (Å²) in [6, 6.07) is 6.66. The molecule has 0 bridgehead atoms. The van der Waals surface area contributed by atoms with Crippen molar-refractivity contribution in [3.05, 3.63) is 53.3 Å². The molecule has 4 N–H and O–H groups in total. The van der Waals surface area contributed by atoms with Gasteiger partial charge in [0.2, 0.25) is 5.91 Å². The topological polar surface area (TPSA) is 93.2 Å². The molecule has 2 rings (SSSR count). The molecule has 0 saturated heterocycles. The first-order valence-electron chi connectivity index (χ1n) is 6.30. The van der Waals surface area contributed by atoms with E-state index in [0.717, 1.165) is 11.1 Å². The summed E-state index contributed by atoms with van der Waals surface area (Å²) in [5.41, 5.74) is 8.27. The smallest absolute Gasteiger partial charge is 0.241 e. The fourth-order valence-corrected chi connectivity index (χ4v) is 1.89. The van der Waals surface area contributed by atoms with Gasteiger partial charge in [-0.1, -0.05) is 24.3 Å². The number of carbonyl (C=O) groups excluding carboxylic acids is 1. The fourth-order valence-electron chi connectivity index (χ4n) is 1.89. The van der Waals surface area contributed by atoms with E-state index in [1.165, 1.54) is 0 Å². The number of nitrogens with zero attached hydrogens (tertiary/aromatic N) is 2. The molecule has 0 radical (unpaired) electrons. The molecule has 6 heteroatoms. The Bertz CT molecular complexity index is 594. The van der Waals surface area contributed by atoms with Crippen LogP contribution in [0, 0.1) is 0 Å². The molecule has 0 aliphatic heterocycles. The Hall–Kier alpha value is -2.18. The lowest BCUT2D eigenvalue weighted by Crippen LogP contribution is -2.33. The number of hydrogen-bond donors (Lipinski definition) is 3. The van der Waals surface area contributed by atoms with Crippen molar-refractivity contribution in [1.29, 1.82) is 0 Å². The molecule has 0 aliphatic carbocycles. The van der Waals surface area contributed by atoms with Crippen molar-refractivity contribution in [3.8, 4) is 0 Å². The van der Waals surface area contributed by atoms with Gasteiger partial charge in [0.25, 0.3) is 0 Å². The van der Waals surface area contributed by atoms with Crippen LogP contribution >= 0.6 is 0 Å². The van der Waals surface area contributed by atoms with Crippen molar-refractivity contribution in [1.82, 2.24) is 15.1 Å². The van der Waals surface area contributed by atoms with E-state index in [4.69, 9.17) is 10.8 Å². The second kappa shape index (κ2) is 6.31. The molecule has 1 heterocycles. The lowest BCUT2D eigenvalue weighted by molar-refractivity contribution is -0.122. The molecule has 106 valence electrons. The number of hydrogen-bond acceptors (Lipinski definition) is 4. The maximum atomic E-state index is 12.0. The van der Waals surface area contributed by atoms with E-state index in [0.29, 0.717) is 12.1 Å². The zero-order valence-corrected chi connectivity index (χ0v) is 11.3. The fraction of sp³-hybridized carbons (Fsp3) is 0.286. The van der Waals surface area contributed by atoms with Crippen molar-refractivity contribution in [3.63, 3.8) is 0 Å². The number of aliphatic hydroxyl groups excluding tert-OH is 1. The van der Waals surface area contributed by atoms with Gasteiger partial charge in [0.05, 0.1) is 12.8 Å². The summed E-state index contributed by atoms with van der Waals surface area (Å²) < 4.78 is 1.60. The van der Waals surface area contributed by atoms with Gasteiger partial charge in [-0.15, -0.1) is 0 Å². The Morgan fingerprint density at radius 2 is 2.25 bits per heavy atom. The van der Waals surface area contributed by atoms with Crippen LogP contribution in [-0.2, 0) is 25.0 Å². The number of rotatable bonds is 5. The van der Waals surface area contributed by atoms with E-state index in [1.807, 2.05) is 24.3 Å². The standard InChI is InChI=1S/C14H18N4O2/c1-18-8-12(7-17-18)13(15)14(20)16-6-10-3-2-4-11(5-10)9-19/h2-5,7-8,13,19H,6,9,15H2,1H3,(H,16,20). The van der Waals surface area contributed by atoms with Gasteiger partial charge in [-0.25, -0.2) is 0 Å². The third-order valence-corrected chi connectivity index (χ3v) is 3.01. The minimum atomic E-state index is -0.732. The van der Waals surface area contributed by atoms with Crippen LogP contribution in [0.1, 0.15) is 22.7 Å². The van der Waals surface area contributed by atoms with Crippen molar-refractivity contribution < 1.29 is 9.90 Å². The van der Waals surface area contributed by atoms with Gasteiger partial charge < -0.3 is 16.2 Å². The molecule has 0 saturated carbocycles. The van der Waals surface area contributed by atoms with Gasteiger partial charge in [-0.3, -0.25) is 9.48 Å². The van der Waals surface area contributed by atoms with Crippen LogP contribution in [0.15, 0.2) is 36.7 Å². The first kappa shape index (κ1) is 14.2. The minimum Gasteiger partial charge on any atom is -0.392 e. The predicted molar refractivity (Wildman–Crippen MR) is 74.3 cm³/mol. The minimum absolute atomic E-state index is 0.0169. The molecule has 6 nitrogen and oxygen atoms in total. The number of aryl methyl sites for hydroxylation is 1. The highest BCUT2D eigenvalue weighted by Crippen LogP contribution is 2.09. The molecule has 1 unspecified atom stereocenters. The first-order chi connectivity index (χ1) is 9.60. The average Bonchev–Trinajstić information content (AvgIpc) is 2.90. The van der Waals surface area contributed by atoms with Crippen LogP contribution in [0.3, 0.4) is 0 Å². The maximum absolute atomic E-state index is 12.0. The molecule has 20 heavy (non-hydrogen) atoms. The quantitative estimate of drug-likeness (QED) is 0.727. The second-order valence-electron chi connectivity index (χ2n) is 4.62. The highest BCUT2D eigenvalue weighted by Gasteiger charge is 2.16. The Morgan fingerprint density at radius 3 is 2.90 bits per heavy atom. The summed E-state index contributed by atoms with van der Waals surface area (Å²) in [5.74, 6) is -0.257. The van der Waals surface area contributed by atoms with Gasteiger partial charge in [-0.2, -0.15) is 5.10 Å². The Balaban J connectivity index is 1.94. The molecule has 2 aromatic rings. The number of aliphatic hydroxyl groups is 1. The van der Waals surface area contributed by atoms with Crippen LogP contribution in [0.2, 0.25) is 0 Å². The lowest BCUT2D eigenvalue weighted by Gasteiger charge is -2.11. The molecule has 1 amide bonds. The normalized spacial score (nSPS) is 12.2. The number of benzene rings is 1. The molecule has 1 aromatic carbocycles. The lowest BCUT2D eigenvalue weighted by atomic mass is 10.1. The zero-order valence-electron chi connectivity index (χ0n) is 11.3. The molecule has 1 atom stereocenters. The zero-order chi connectivity index (χ0) is 14.5. The van der Waals surface area contributed by atoms with Crippen LogP contribution in [0.5, 0.6) is 0 Å². The van der Waals surface area contributed by atoms with Crippen molar-refractivity contribution in [2.24, 2.45) is 12.8 Å². The third-order valence-electron chi connectivity index (χ3n) is 3.01. The first-order valence-corrected chi connectivity index (χ1v) is 6.30. The highest BCUT2D eigenvalue weighted by molar-refractivity contribution is 5.82. The van der Waals surface area contributed by atoms with Crippen molar-refractivity contribution in [2.75, 3.05) is 0 Å². The highest BCUT2D eigenvalue weighted by atomic mass is 16.3. The van der Waals surface area contributed by atoms with Gasteiger partial charge in [0.1, 0.15) is 6.04 Å². The number of nitrogens with two attached hydrogens (primary N) is 1. The maximum Gasteiger partial charge on any atom is 0.241 e. The van der Waals surface area contributed by atoms with Gasteiger partial charge in [0, 0.05) is 25.4 Å². The molecule has 0 spiro atoms. The van der Waals surface area contributed by atoms with Crippen LogP contribution in [0.25, 0.3) is 0 Å². The summed E-state index contributed by atoms with van der Waals surface area (Å²) in [5, 5.41) is 15.8. The monoisotopic (exact) mass is 274 g/mol. The SMILES string of the molecule is Cn1cc(C(N)C(=O)NCc2cccc(CO)c2)cn1. The van der Waals surface area contributed by atoms with Crippen molar-refractivity contribution in [2.45, 2.75) is 19.2 Å². The van der Waals surface area contributed by atoms with E-state index in [9.17, 15) is 4.79 Å². The van der Waals surface area contributed by atoms with E-state index in [-0.39, 0.29) is 12.5 Å². The predicted octanol–water partition coefficient (Wildman–Crippen LogP) is 0.229. The van der Waals surface area contributed by atoms with Crippen LogP contribution < -0.4 is 11.1 Å². The largest absolute Gasteiger partial charge is 0.392 e. The van der Waals surface area contributed by atoms with Gasteiger partial charge in [0.15, 0.2) is 0 Å². The van der Waals surface area contributed by atoms with Crippen LogP contribution in [0.4, 0.5) is 0 Å². The van der Waals surface area contributed by atoms with E-state index in [1.54, 1.807) is 24.1 Å². The average molecular weight is 274 g/mol. The number of nitrogens with one attached hydrogen (secondary N) is 1. The molecular weight excluding hydrogens is 256 g/mol. The number of amides is 1. The Morgan fingerprint density at radius 1 is 1.50 bits per heavy atom. The number of carbonyl (C=O) groups is 1. The summed E-state index contributed by atoms with van der Waals surface area (Å²) in [7, 11) is 1.77. The van der Waals surface area contributed by atoms with E-state index < -0.39 is 6.04 Å². The molecule has 1 aromatic heterocycles. The van der Waals surface area contributed by atoms with E-state index in [2.05, 4.69) is 10.4 Å².